The summed E-state index contributed by atoms with van der Waals surface area (Å²) in [5.41, 5.74) is 2.26. The third-order valence-corrected chi connectivity index (χ3v) is 7.99. The number of rotatable bonds is 5. The quantitative estimate of drug-likeness (QED) is 0.541. The van der Waals surface area contributed by atoms with Crippen LogP contribution in [0.25, 0.3) is 0 Å². The van der Waals surface area contributed by atoms with E-state index in [1.807, 2.05) is 24.3 Å². The van der Waals surface area contributed by atoms with Crippen LogP contribution < -0.4 is 0 Å². The molecule has 3 aliphatic carbocycles. The second-order valence-electron chi connectivity index (χ2n) is 9.27. The van der Waals surface area contributed by atoms with Gasteiger partial charge in [-0.25, -0.2) is 4.79 Å². The van der Waals surface area contributed by atoms with E-state index in [1.165, 1.54) is 18.2 Å². The van der Waals surface area contributed by atoms with Crippen molar-refractivity contribution in [2.24, 2.45) is 5.41 Å². The van der Waals surface area contributed by atoms with Crippen LogP contribution in [0.4, 0.5) is 0 Å². The number of hydrogen-bond donors (Lipinski definition) is 0. The van der Waals surface area contributed by atoms with E-state index in [9.17, 15) is 9.59 Å². The fraction of sp³-hybridized carbons (Fsp3) is 0.462. The monoisotopic (exact) mass is 418 g/mol. The zero-order chi connectivity index (χ0) is 21.4. The number of esters is 2. The highest BCUT2D eigenvalue weighted by atomic mass is 16.7. The van der Waals surface area contributed by atoms with Gasteiger partial charge >= 0.3 is 11.9 Å². The molecular weight excluding hydrogens is 392 g/mol. The second kappa shape index (κ2) is 6.42. The first kappa shape index (κ1) is 19.1. The summed E-state index contributed by atoms with van der Waals surface area (Å²) in [4.78, 5) is 27.1. The van der Waals surface area contributed by atoms with E-state index < -0.39 is 17.0 Å². The third kappa shape index (κ3) is 2.15. The van der Waals surface area contributed by atoms with Gasteiger partial charge in [0.2, 0.25) is 5.60 Å². The zero-order valence-electron chi connectivity index (χ0n) is 17.8. The second-order valence-corrected chi connectivity index (χ2v) is 9.27. The minimum absolute atomic E-state index is 0.0122. The molecule has 2 heterocycles. The number of carbonyl (C=O) groups is 2. The van der Waals surface area contributed by atoms with Gasteiger partial charge in [-0.3, -0.25) is 4.79 Å². The largest absolute Gasteiger partial charge is 0.468 e. The number of epoxide rings is 1. The Kier molecular flexibility index (Phi) is 3.95. The van der Waals surface area contributed by atoms with Crippen molar-refractivity contribution in [3.8, 4) is 0 Å². The molecule has 2 bridgehead atoms. The van der Waals surface area contributed by atoms with Crippen LogP contribution in [0.1, 0.15) is 66.7 Å². The Bertz CT molecular complexity index is 1050. The Morgan fingerprint density at radius 3 is 2.23 bits per heavy atom. The van der Waals surface area contributed by atoms with Crippen molar-refractivity contribution in [3.63, 3.8) is 0 Å². The molecule has 1 unspecified atom stereocenters. The number of unbranched alkanes of at least 4 members (excludes halogenated alkanes) is 1. The van der Waals surface area contributed by atoms with Crippen LogP contribution in [0.15, 0.2) is 48.5 Å². The van der Waals surface area contributed by atoms with E-state index in [0.29, 0.717) is 6.42 Å². The third-order valence-electron chi connectivity index (χ3n) is 7.99. The minimum Gasteiger partial charge on any atom is -0.468 e. The summed E-state index contributed by atoms with van der Waals surface area (Å²) in [7, 11) is 1.41. The molecule has 2 aromatic rings. The van der Waals surface area contributed by atoms with Crippen LogP contribution in [0.3, 0.4) is 0 Å². The van der Waals surface area contributed by atoms with E-state index in [1.54, 1.807) is 0 Å². The normalized spacial score (nSPS) is 36.3. The molecule has 2 aromatic carbocycles. The molecule has 0 radical (unpaired) electrons. The molecule has 0 N–H and O–H groups in total. The highest BCUT2D eigenvalue weighted by Crippen LogP contribution is 2.72. The summed E-state index contributed by atoms with van der Waals surface area (Å²) in [5.74, 6) is -1.06. The average Bonchev–Trinajstić information content (AvgIpc) is 3.52. The number of carbonyl (C=O) groups excluding carboxylic acids is 2. The lowest BCUT2D eigenvalue weighted by atomic mass is 9.47. The molecule has 0 aromatic heterocycles. The van der Waals surface area contributed by atoms with E-state index >= 15 is 0 Å². The van der Waals surface area contributed by atoms with Crippen molar-refractivity contribution in [2.45, 2.75) is 62.3 Å². The smallest absolute Gasteiger partial charge is 0.342 e. The predicted molar refractivity (Wildman–Crippen MR) is 113 cm³/mol. The SMILES string of the molecule is CCCC[C@@H]1OC(=O)[C@]2(C3(C(=O)OC)CC4c5ccccc5C3c3ccccc34)O[C@H]12. The summed E-state index contributed by atoms with van der Waals surface area (Å²) in [6, 6.07) is 16.6. The standard InChI is InChI=1S/C26H26O5/c1-3-4-13-20-22-26(31-22,24(28)30-20)25(23(27)29-2)14-19-15-9-5-7-11-17(15)21(25)18-12-8-6-10-16(18)19/h5-12,19-22H,3-4,13-14H2,1-2H3/t19?,20-,21?,22+,25?,26+/m0/s1. The Hall–Kier alpha value is -2.66. The van der Waals surface area contributed by atoms with Crippen molar-refractivity contribution in [3.05, 3.63) is 70.8 Å². The molecule has 2 saturated heterocycles. The molecule has 2 fully saturated rings. The van der Waals surface area contributed by atoms with Crippen LogP contribution in [0, 0.1) is 5.41 Å². The van der Waals surface area contributed by atoms with Gasteiger partial charge in [-0.2, -0.15) is 0 Å². The maximum Gasteiger partial charge on any atom is 0.342 e. The van der Waals surface area contributed by atoms with E-state index in [0.717, 1.165) is 30.4 Å². The number of benzene rings is 2. The Balaban J connectivity index is 1.56. The molecule has 2 aliphatic heterocycles. The number of cyclic esters (lactones) is 1. The maximum absolute atomic E-state index is 13.7. The molecular formula is C26H26O5. The molecule has 0 spiro atoms. The Morgan fingerprint density at radius 1 is 1.06 bits per heavy atom. The lowest BCUT2D eigenvalue weighted by Gasteiger charge is -2.52. The molecule has 5 nitrogen and oxygen atoms in total. The predicted octanol–water partition coefficient (Wildman–Crippen LogP) is 4.08. The van der Waals surface area contributed by atoms with Gasteiger partial charge in [-0.15, -0.1) is 0 Å². The van der Waals surface area contributed by atoms with E-state index in [-0.39, 0.29) is 30.0 Å². The van der Waals surface area contributed by atoms with Gasteiger partial charge in [0, 0.05) is 11.8 Å². The maximum atomic E-state index is 13.7. The summed E-state index contributed by atoms with van der Waals surface area (Å²) in [6.45, 7) is 2.11. The van der Waals surface area contributed by atoms with E-state index in [4.69, 9.17) is 14.2 Å². The number of ether oxygens (including phenoxy) is 3. The van der Waals surface area contributed by atoms with Gasteiger partial charge in [-0.1, -0.05) is 61.9 Å². The first-order valence-corrected chi connectivity index (χ1v) is 11.2. The van der Waals surface area contributed by atoms with Crippen LogP contribution in [-0.4, -0.2) is 36.9 Å². The molecule has 0 amide bonds. The molecule has 0 saturated carbocycles. The van der Waals surface area contributed by atoms with Gasteiger partial charge in [0.05, 0.1) is 7.11 Å². The molecule has 4 atom stereocenters. The highest BCUT2D eigenvalue weighted by molar-refractivity contribution is 5.98. The summed E-state index contributed by atoms with van der Waals surface area (Å²) < 4.78 is 17.5. The summed E-state index contributed by atoms with van der Waals surface area (Å²) in [6.07, 6.45) is 2.54. The van der Waals surface area contributed by atoms with Gasteiger partial charge in [0.1, 0.15) is 17.6 Å². The fourth-order valence-electron chi connectivity index (χ4n) is 6.72. The topological polar surface area (TPSA) is 65.1 Å². The Labute approximate surface area is 181 Å². The van der Waals surface area contributed by atoms with Crippen molar-refractivity contribution in [1.82, 2.24) is 0 Å². The molecule has 160 valence electrons. The van der Waals surface area contributed by atoms with Gasteiger partial charge < -0.3 is 14.2 Å². The van der Waals surface area contributed by atoms with Crippen molar-refractivity contribution >= 4 is 11.9 Å². The van der Waals surface area contributed by atoms with Crippen molar-refractivity contribution in [2.75, 3.05) is 7.11 Å². The van der Waals surface area contributed by atoms with Gasteiger partial charge in [0.15, 0.2) is 0 Å². The minimum atomic E-state index is -1.26. The summed E-state index contributed by atoms with van der Waals surface area (Å²) in [5, 5.41) is 0. The first-order chi connectivity index (χ1) is 15.1. The van der Waals surface area contributed by atoms with Crippen molar-refractivity contribution in [1.29, 1.82) is 0 Å². The van der Waals surface area contributed by atoms with E-state index in [2.05, 4.69) is 31.2 Å². The molecule has 5 aliphatic rings. The first-order valence-electron chi connectivity index (χ1n) is 11.2. The van der Waals surface area contributed by atoms with Crippen LogP contribution in [0.5, 0.6) is 0 Å². The lowest BCUT2D eigenvalue weighted by Crippen LogP contribution is -2.58. The highest BCUT2D eigenvalue weighted by Gasteiger charge is 2.86. The number of hydrogen-bond acceptors (Lipinski definition) is 5. The van der Waals surface area contributed by atoms with Crippen LogP contribution in [-0.2, 0) is 23.8 Å². The molecule has 5 heteroatoms. The zero-order valence-corrected chi connectivity index (χ0v) is 17.8. The van der Waals surface area contributed by atoms with Gasteiger partial charge in [0.25, 0.3) is 0 Å². The Morgan fingerprint density at radius 2 is 1.68 bits per heavy atom. The molecule has 31 heavy (non-hydrogen) atoms. The van der Waals surface area contributed by atoms with Gasteiger partial charge in [-0.05, 0) is 41.5 Å². The number of fused-ring (bicyclic) bond motifs is 3. The average molecular weight is 418 g/mol. The van der Waals surface area contributed by atoms with Crippen LogP contribution >= 0.6 is 0 Å². The fourth-order valence-corrected chi connectivity index (χ4v) is 6.72. The summed E-state index contributed by atoms with van der Waals surface area (Å²) >= 11 is 0. The molecule has 7 rings (SSSR count). The lowest BCUT2D eigenvalue weighted by molar-refractivity contribution is -0.174. The van der Waals surface area contributed by atoms with Crippen LogP contribution in [0.2, 0.25) is 0 Å². The number of methoxy groups -OCH3 is 1. The van der Waals surface area contributed by atoms with Crippen molar-refractivity contribution < 1.29 is 23.8 Å².